The second-order valence-electron chi connectivity index (χ2n) is 7.34. The van der Waals surface area contributed by atoms with Crippen LogP contribution in [0.25, 0.3) is 0 Å². The van der Waals surface area contributed by atoms with Gasteiger partial charge in [-0.3, -0.25) is 28.5 Å². The van der Waals surface area contributed by atoms with Crippen molar-refractivity contribution in [3.8, 4) is 0 Å². The zero-order chi connectivity index (χ0) is 25.9. The topological polar surface area (TPSA) is 239 Å². The SMILES string of the molecule is C[C@H](NP(=O)(OCc1ccc([N+](=O)[O-])s1)OC[C@H]1O[C@@H](n2ccc(N)nc2=O)[C@@H](O)[C@H]1O)C(=O)O. The van der Waals surface area contributed by atoms with E-state index in [1.807, 2.05) is 0 Å². The molecule has 0 aliphatic carbocycles. The van der Waals surface area contributed by atoms with Crippen LogP contribution in [0.5, 0.6) is 0 Å². The number of hydrogen-bond acceptors (Lipinski definition) is 13. The molecule has 192 valence electrons. The van der Waals surface area contributed by atoms with Gasteiger partial charge in [-0.1, -0.05) is 11.3 Å². The van der Waals surface area contributed by atoms with Gasteiger partial charge in [0.05, 0.1) is 18.1 Å². The van der Waals surface area contributed by atoms with Gasteiger partial charge in [0, 0.05) is 17.1 Å². The third kappa shape index (κ3) is 6.47. The minimum Gasteiger partial charge on any atom is -0.480 e. The molecule has 3 rings (SSSR count). The number of carboxylic acids is 1. The Morgan fingerprint density at radius 1 is 1.40 bits per heavy atom. The Bertz CT molecular complexity index is 1190. The van der Waals surface area contributed by atoms with Crippen molar-refractivity contribution in [1.29, 1.82) is 0 Å². The Morgan fingerprint density at radius 2 is 2.11 bits per heavy atom. The lowest BCUT2D eigenvalue weighted by atomic mass is 10.1. The minimum absolute atomic E-state index is 0.0630. The van der Waals surface area contributed by atoms with Gasteiger partial charge in [0.15, 0.2) is 6.23 Å². The fraction of sp³-hybridized carbons (Fsp3) is 0.471. The van der Waals surface area contributed by atoms with E-state index in [-0.39, 0.29) is 10.8 Å². The molecule has 0 saturated carbocycles. The van der Waals surface area contributed by atoms with Crippen molar-refractivity contribution in [2.45, 2.75) is 44.1 Å². The number of nitrogens with zero attached hydrogens (tertiary/aromatic N) is 3. The number of aliphatic carboxylic acids is 1. The third-order valence-corrected chi connectivity index (χ3v) is 7.47. The van der Waals surface area contributed by atoms with E-state index in [1.165, 1.54) is 31.3 Å². The highest BCUT2D eigenvalue weighted by atomic mass is 32.1. The zero-order valence-corrected chi connectivity index (χ0v) is 19.7. The van der Waals surface area contributed by atoms with Gasteiger partial charge in [-0.25, -0.2) is 14.4 Å². The molecule has 0 amide bonds. The fourth-order valence-electron chi connectivity index (χ4n) is 2.98. The molecule has 0 aromatic carbocycles. The maximum atomic E-state index is 13.2. The molecule has 1 unspecified atom stereocenters. The predicted octanol–water partition coefficient (Wildman–Crippen LogP) is -0.181. The van der Waals surface area contributed by atoms with Gasteiger partial charge in [-0.2, -0.15) is 4.98 Å². The van der Waals surface area contributed by atoms with Crippen LogP contribution in [0.15, 0.2) is 29.2 Å². The van der Waals surface area contributed by atoms with E-state index in [4.69, 9.17) is 24.6 Å². The number of rotatable bonds is 11. The van der Waals surface area contributed by atoms with Crippen molar-refractivity contribution in [1.82, 2.24) is 14.6 Å². The molecule has 0 spiro atoms. The van der Waals surface area contributed by atoms with E-state index >= 15 is 0 Å². The number of aliphatic hydroxyl groups excluding tert-OH is 2. The van der Waals surface area contributed by atoms with Crippen LogP contribution in [0.2, 0.25) is 0 Å². The van der Waals surface area contributed by atoms with Crippen LogP contribution >= 0.6 is 19.1 Å². The Labute approximate surface area is 200 Å². The maximum absolute atomic E-state index is 13.2. The molecule has 18 heteroatoms. The average molecular weight is 535 g/mol. The van der Waals surface area contributed by atoms with Crippen LogP contribution in [-0.2, 0) is 29.8 Å². The summed E-state index contributed by atoms with van der Waals surface area (Å²) in [7, 11) is -4.38. The molecule has 2 aromatic rings. The highest BCUT2D eigenvalue weighted by molar-refractivity contribution is 7.51. The lowest BCUT2D eigenvalue weighted by molar-refractivity contribution is -0.380. The molecule has 35 heavy (non-hydrogen) atoms. The first-order valence-electron chi connectivity index (χ1n) is 9.89. The summed E-state index contributed by atoms with van der Waals surface area (Å²) >= 11 is 0.761. The maximum Gasteiger partial charge on any atom is 0.406 e. The zero-order valence-electron chi connectivity index (χ0n) is 18.0. The number of anilines is 1. The minimum atomic E-state index is -4.38. The largest absolute Gasteiger partial charge is 0.480 e. The highest BCUT2D eigenvalue weighted by Gasteiger charge is 2.45. The summed E-state index contributed by atoms with van der Waals surface area (Å²) < 4.78 is 30.1. The summed E-state index contributed by atoms with van der Waals surface area (Å²) in [6.45, 7) is 0.118. The Kier molecular flexibility index (Phi) is 8.34. The number of aromatic nitrogens is 2. The van der Waals surface area contributed by atoms with Crippen LogP contribution < -0.4 is 16.5 Å². The summed E-state index contributed by atoms with van der Waals surface area (Å²) in [5.74, 6) is -1.43. The molecule has 1 aliphatic rings. The number of hydrogen-bond donors (Lipinski definition) is 5. The standard InChI is InChI=1S/C17H22N5O11PS/c1-8(16(25)26)20-34(30,31-6-9-2-3-12(35-9)22(28)29)32-7-10-13(23)14(24)15(33-10)21-5-4-11(18)19-17(21)27/h2-5,8,10,13-15,23-24H,6-7H2,1H3,(H,20,30)(H,25,26)(H2,18,19,27)/t8-,10+,13-,14-,15+,34?/m0/s1. The first-order chi connectivity index (χ1) is 16.4. The summed E-state index contributed by atoms with van der Waals surface area (Å²) in [6, 6.07) is 2.49. The first kappa shape index (κ1) is 26.8. The summed E-state index contributed by atoms with van der Waals surface area (Å²) in [5, 5.41) is 42.7. The number of nitrogens with two attached hydrogens (primary N) is 1. The van der Waals surface area contributed by atoms with Crippen LogP contribution in [0.1, 0.15) is 18.0 Å². The van der Waals surface area contributed by atoms with E-state index < -0.39 is 68.1 Å². The molecule has 2 aromatic heterocycles. The van der Waals surface area contributed by atoms with E-state index in [0.717, 1.165) is 15.9 Å². The monoisotopic (exact) mass is 535 g/mol. The van der Waals surface area contributed by atoms with Crippen LogP contribution in [0.3, 0.4) is 0 Å². The lowest BCUT2D eigenvalue weighted by Gasteiger charge is -2.23. The number of carboxylic acid groups (broad SMARTS) is 1. The molecule has 3 heterocycles. The molecule has 1 saturated heterocycles. The molecule has 0 radical (unpaired) electrons. The average Bonchev–Trinajstić information content (AvgIpc) is 3.37. The lowest BCUT2D eigenvalue weighted by Crippen LogP contribution is -2.37. The predicted molar refractivity (Wildman–Crippen MR) is 118 cm³/mol. The highest BCUT2D eigenvalue weighted by Crippen LogP contribution is 2.47. The number of thiophene rings is 1. The van der Waals surface area contributed by atoms with E-state index in [2.05, 4.69) is 10.1 Å². The van der Waals surface area contributed by atoms with E-state index in [1.54, 1.807) is 0 Å². The third-order valence-electron chi connectivity index (χ3n) is 4.80. The number of nitro groups is 1. The summed E-state index contributed by atoms with van der Waals surface area (Å²) in [6.07, 6.45) is -4.64. The van der Waals surface area contributed by atoms with Gasteiger partial charge < -0.3 is 25.8 Å². The molecular formula is C17H22N5O11PS. The Morgan fingerprint density at radius 3 is 2.71 bits per heavy atom. The van der Waals surface area contributed by atoms with Gasteiger partial charge in [0.25, 0.3) is 0 Å². The van der Waals surface area contributed by atoms with E-state index in [9.17, 15) is 34.5 Å². The number of nitrogen functional groups attached to an aromatic ring is 1. The normalized spacial score (nSPS) is 24.7. The molecule has 6 N–H and O–H groups in total. The molecule has 16 nitrogen and oxygen atoms in total. The van der Waals surface area contributed by atoms with E-state index in [0.29, 0.717) is 4.88 Å². The van der Waals surface area contributed by atoms with Gasteiger partial charge in [0.2, 0.25) is 0 Å². The fourth-order valence-corrected chi connectivity index (χ4v) is 5.26. The molecule has 6 atom stereocenters. The molecular weight excluding hydrogens is 513 g/mol. The van der Waals surface area contributed by atoms with Crippen molar-refractivity contribution in [2.24, 2.45) is 0 Å². The van der Waals surface area contributed by atoms with Crippen LogP contribution in [0, 0.1) is 10.1 Å². The van der Waals surface area contributed by atoms with Crippen LogP contribution in [0.4, 0.5) is 10.8 Å². The summed E-state index contributed by atoms with van der Waals surface area (Å²) in [4.78, 5) is 37.3. The number of aliphatic hydroxyl groups is 2. The van der Waals surface area contributed by atoms with Crippen molar-refractivity contribution in [3.63, 3.8) is 0 Å². The molecule has 1 fully saturated rings. The van der Waals surface area contributed by atoms with Crippen molar-refractivity contribution < 1.29 is 43.4 Å². The van der Waals surface area contributed by atoms with Crippen molar-refractivity contribution in [2.75, 3.05) is 12.3 Å². The smallest absolute Gasteiger partial charge is 0.406 e. The van der Waals surface area contributed by atoms with Crippen LogP contribution in [-0.4, -0.2) is 66.7 Å². The Hall–Kier alpha value is -2.76. The van der Waals surface area contributed by atoms with Crippen molar-refractivity contribution in [3.05, 3.63) is 49.9 Å². The number of nitrogens with one attached hydrogen (secondary N) is 1. The molecule has 0 bridgehead atoms. The second-order valence-corrected chi connectivity index (χ2v) is 10.3. The quantitative estimate of drug-likeness (QED) is 0.142. The van der Waals surface area contributed by atoms with Gasteiger partial charge in [0.1, 0.15) is 30.2 Å². The van der Waals surface area contributed by atoms with Gasteiger partial charge in [-0.05, 0) is 19.1 Å². The molecule has 1 aliphatic heterocycles. The first-order valence-corrected chi connectivity index (χ1v) is 12.2. The Balaban J connectivity index is 1.71. The summed E-state index contributed by atoms with van der Waals surface area (Å²) in [5.41, 5.74) is 4.59. The van der Waals surface area contributed by atoms with Crippen molar-refractivity contribution >= 4 is 35.9 Å². The second kappa shape index (κ2) is 10.9. The number of carbonyl (C=O) groups is 1. The number of ether oxygens (including phenoxy) is 1. The van der Waals surface area contributed by atoms with Gasteiger partial charge in [-0.15, -0.1) is 0 Å². The van der Waals surface area contributed by atoms with Gasteiger partial charge >= 0.3 is 24.4 Å².